The van der Waals surface area contributed by atoms with Crippen LogP contribution >= 0.6 is 12.6 Å². The van der Waals surface area contributed by atoms with Gasteiger partial charge in [-0.25, -0.2) is 0 Å². The summed E-state index contributed by atoms with van der Waals surface area (Å²) in [4.78, 5) is 29.0. The molecule has 0 aliphatic heterocycles. The molecule has 1 atom stereocenters. The highest BCUT2D eigenvalue weighted by molar-refractivity contribution is 7.81. The van der Waals surface area contributed by atoms with Crippen molar-refractivity contribution >= 4 is 42.0 Å². The van der Waals surface area contributed by atoms with E-state index in [-0.39, 0.29) is 5.91 Å². The Morgan fingerprint density at radius 2 is 1.71 bits per heavy atom. The fourth-order valence-corrected chi connectivity index (χ4v) is 3.16. The number of carbonyl (C=O) groups is 2. The summed E-state index contributed by atoms with van der Waals surface area (Å²) in [6, 6.07) is 10.1. The van der Waals surface area contributed by atoms with Gasteiger partial charge in [-0.15, -0.1) is 12.6 Å². The van der Waals surface area contributed by atoms with Gasteiger partial charge in [-0.1, -0.05) is 18.7 Å². The zero-order valence-electron chi connectivity index (χ0n) is 19.4. The number of aliphatic imine (C=N–C) groups is 1. The number of allylic oxidation sites excluding steroid dienone is 1. The molecule has 2 aromatic rings. The number of nitrogens with zero attached hydrogens (tertiary/aromatic N) is 1. The van der Waals surface area contributed by atoms with Crippen LogP contribution in [0.1, 0.15) is 10.4 Å². The van der Waals surface area contributed by atoms with Crippen LogP contribution in [0.3, 0.4) is 0 Å². The Hall–Kier alpha value is -3.92. The van der Waals surface area contributed by atoms with Gasteiger partial charge >= 0.3 is 0 Å². The summed E-state index contributed by atoms with van der Waals surface area (Å²) >= 11 is 4.40. The van der Waals surface area contributed by atoms with Gasteiger partial charge in [0.25, 0.3) is 11.8 Å². The van der Waals surface area contributed by atoms with Crippen LogP contribution in [-0.2, 0) is 4.79 Å². The van der Waals surface area contributed by atoms with Crippen molar-refractivity contribution in [1.82, 2.24) is 5.32 Å². The normalized spacial score (nSPS) is 12.0. The first-order valence-electron chi connectivity index (χ1n) is 10.1. The lowest BCUT2D eigenvalue weighted by molar-refractivity contribution is -0.112. The molecule has 0 aromatic heterocycles. The third kappa shape index (κ3) is 7.04. The molecule has 2 amide bonds. The molecule has 2 aromatic carbocycles. The minimum absolute atomic E-state index is 0.302. The lowest BCUT2D eigenvalue weighted by atomic mass is 10.1. The molecule has 0 aliphatic rings. The van der Waals surface area contributed by atoms with Crippen LogP contribution in [-0.4, -0.2) is 51.9 Å². The van der Waals surface area contributed by atoms with E-state index in [0.29, 0.717) is 39.8 Å². The summed E-state index contributed by atoms with van der Waals surface area (Å²) in [7, 11) is 6.04. The Bertz CT molecular complexity index is 1080. The summed E-state index contributed by atoms with van der Waals surface area (Å²) in [5.74, 6) is 0.367. The van der Waals surface area contributed by atoms with Crippen molar-refractivity contribution < 1.29 is 23.8 Å². The second-order valence-corrected chi connectivity index (χ2v) is 7.22. The first-order valence-corrected chi connectivity index (χ1v) is 10.6. The molecular formula is C24H28N4O5S. The van der Waals surface area contributed by atoms with Gasteiger partial charge in [-0.05, 0) is 36.4 Å². The highest BCUT2D eigenvalue weighted by atomic mass is 32.1. The van der Waals surface area contributed by atoms with Crippen LogP contribution in [0.2, 0.25) is 0 Å². The van der Waals surface area contributed by atoms with Crippen LogP contribution in [0.25, 0.3) is 0 Å². The van der Waals surface area contributed by atoms with E-state index in [0.717, 1.165) is 0 Å². The zero-order valence-corrected chi connectivity index (χ0v) is 20.3. The minimum atomic E-state index is -0.734. The molecule has 34 heavy (non-hydrogen) atoms. The van der Waals surface area contributed by atoms with Crippen LogP contribution in [0.4, 0.5) is 11.4 Å². The van der Waals surface area contributed by atoms with Crippen molar-refractivity contribution in [3.8, 4) is 17.2 Å². The minimum Gasteiger partial charge on any atom is -0.493 e. The van der Waals surface area contributed by atoms with E-state index < -0.39 is 11.4 Å². The number of methoxy groups -OCH3 is 3. The molecule has 0 fully saturated rings. The first kappa shape index (κ1) is 26.3. The average Bonchev–Trinajstić information content (AvgIpc) is 2.83. The summed E-state index contributed by atoms with van der Waals surface area (Å²) < 4.78 is 15.9. The number of carbonyl (C=O) groups excluding carboxylic acids is 2. The van der Waals surface area contributed by atoms with Gasteiger partial charge in [0.15, 0.2) is 11.5 Å². The number of anilines is 2. The molecule has 0 spiro atoms. The van der Waals surface area contributed by atoms with E-state index in [1.54, 1.807) is 49.5 Å². The van der Waals surface area contributed by atoms with Crippen LogP contribution in [0.15, 0.2) is 65.7 Å². The van der Waals surface area contributed by atoms with Crippen molar-refractivity contribution in [3.05, 3.63) is 66.3 Å². The van der Waals surface area contributed by atoms with Gasteiger partial charge < -0.3 is 30.2 Å². The number of amides is 2. The van der Waals surface area contributed by atoms with E-state index in [9.17, 15) is 9.59 Å². The Morgan fingerprint density at radius 3 is 2.26 bits per heavy atom. The molecular weight excluding hydrogens is 456 g/mol. The van der Waals surface area contributed by atoms with Gasteiger partial charge in [0.05, 0.1) is 21.3 Å². The maximum atomic E-state index is 12.8. The van der Waals surface area contributed by atoms with Gasteiger partial charge in [0.2, 0.25) is 5.75 Å². The quantitative estimate of drug-likeness (QED) is 0.128. The number of rotatable bonds is 11. The van der Waals surface area contributed by atoms with Crippen molar-refractivity contribution in [2.24, 2.45) is 4.99 Å². The van der Waals surface area contributed by atoms with Crippen LogP contribution in [0, 0.1) is 0 Å². The molecule has 9 nitrogen and oxygen atoms in total. The summed E-state index contributed by atoms with van der Waals surface area (Å²) in [5.41, 5.74) is 1.11. The van der Waals surface area contributed by atoms with E-state index in [4.69, 9.17) is 14.2 Å². The van der Waals surface area contributed by atoms with Crippen molar-refractivity contribution in [2.75, 3.05) is 39.0 Å². The maximum absolute atomic E-state index is 12.8. The van der Waals surface area contributed by atoms with E-state index in [1.807, 2.05) is 0 Å². The molecule has 10 heteroatoms. The largest absolute Gasteiger partial charge is 0.493 e. The number of hydrogen-bond acceptors (Lipinski definition) is 8. The zero-order chi connectivity index (χ0) is 25.1. The first-order chi connectivity index (χ1) is 16.4. The van der Waals surface area contributed by atoms with Crippen LogP contribution < -0.4 is 30.2 Å². The Morgan fingerprint density at radius 1 is 1.06 bits per heavy atom. The molecule has 0 saturated heterocycles. The summed E-state index contributed by atoms with van der Waals surface area (Å²) in [6.45, 7) is 3.64. The predicted octanol–water partition coefficient (Wildman–Crippen LogP) is 3.52. The topological polar surface area (TPSA) is 110 Å². The molecule has 0 heterocycles. The van der Waals surface area contributed by atoms with Gasteiger partial charge in [0, 0.05) is 35.8 Å². The van der Waals surface area contributed by atoms with Crippen LogP contribution in [0.5, 0.6) is 17.2 Å². The lowest BCUT2D eigenvalue weighted by Gasteiger charge is -2.18. The fraction of sp³-hybridized carbons (Fsp3) is 0.208. The SMILES string of the molecule is C=C/C(=C\C=N/C)C(=O)Nc1cccc(NC(S)NC(=O)c2cc(OC)c(OC)c(OC)c2)c1. The average molecular weight is 485 g/mol. The Kier molecular flexibility index (Phi) is 10.0. The molecule has 1 unspecified atom stereocenters. The molecule has 0 saturated carbocycles. The number of benzene rings is 2. The Balaban J connectivity index is 2.09. The van der Waals surface area contributed by atoms with E-state index in [2.05, 4.69) is 40.2 Å². The second-order valence-electron chi connectivity index (χ2n) is 6.70. The predicted molar refractivity (Wildman–Crippen MR) is 138 cm³/mol. The molecule has 2 rings (SSSR count). The van der Waals surface area contributed by atoms with Gasteiger partial charge in [-0.3, -0.25) is 14.6 Å². The third-order valence-electron chi connectivity index (χ3n) is 4.50. The number of thiol groups is 1. The van der Waals surface area contributed by atoms with Crippen molar-refractivity contribution in [1.29, 1.82) is 0 Å². The molecule has 180 valence electrons. The van der Waals surface area contributed by atoms with Crippen molar-refractivity contribution in [2.45, 2.75) is 5.50 Å². The van der Waals surface area contributed by atoms with E-state index in [1.165, 1.54) is 33.6 Å². The lowest BCUT2D eigenvalue weighted by Crippen LogP contribution is -2.36. The summed E-state index contributed by atoms with van der Waals surface area (Å²) in [6.07, 6.45) is 4.52. The number of hydrogen-bond donors (Lipinski definition) is 4. The Labute approximate surface area is 204 Å². The third-order valence-corrected chi connectivity index (χ3v) is 4.76. The standard InChI is InChI=1S/C24H28N4O5S/c1-6-15(10-11-25-2)22(29)26-17-8-7-9-18(14-17)27-24(34)28-23(30)16-12-19(31-3)21(33-5)20(13-16)32-4/h6-14,24,27,34H,1H2,2-5H3,(H,26,29)(H,28,30)/b15-10+,25-11-. The highest BCUT2D eigenvalue weighted by Crippen LogP contribution is 2.38. The molecule has 0 radical (unpaired) electrons. The van der Waals surface area contributed by atoms with E-state index >= 15 is 0 Å². The maximum Gasteiger partial charge on any atom is 0.255 e. The smallest absolute Gasteiger partial charge is 0.255 e. The highest BCUT2D eigenvalue weighted by Gasteiger charge is 2.18. The number of ether oxygens (including phenoxy) is 3. The molecule has 0 aliphatic carbocycles. The monoisotopic (exact) mass is 484 g/mol. The molecule has 0 bridgehead atoms. The molecule has 3 N–H and O–H groups in total. The number of nitrogens with one attached hydrogen (secondary N) is 3. The van der Waals surface area contributed by atoms with Crippen molar-refractivity contribution in [3.63, 3.8) is 0 Å². The summed E-state index contributed by atoms with van der Waals surface area (Å²) in [5, 5.41) is 8.57. The van der Waals surface area contributed by atoms with Gasteiger partial charge in [-0.2, -0.15) is 0 Å². The van der Waals surface area contributed by atoms with Gasteiger partial charge in [0.1, 0.15) is 5.50 Å². The fourth-order valence-electron chi connectivity index (χ4n) is 2.89. The second kappa shape index (κ2) is 12.9.